The minimum absolute atomic E-state index is 0. The first kappa shape index (κ1) is 40.8. The van der Waals surface area contributed by atoms with Crippen LogP contribution in [0.4, 0.5) is 22.9 Å². The molecule has 67 heavy (non-hydrogen) atoms. The number of benzene rings is 8. The SMILES string of the molecule is CC(C)(C)c1cc(Oc2[c-]c(-n3[c-][n+](-c4cccc5c6ccccc6n(-c6ccccc6)c45)c4ccccc43)ccc2)[c-]c(N2B3c4ccccc4-c4ccccc4N3c3cccnc32)c1.[Pt]. The third kappa shape index (κ3) is 6.46. The van der Waals surface area contributed by atoms with Crippen LogP contribution in [-0.4, -0.2) is 21.1 Å². The molecule has 8 aromatic carbocycles. The van der Waals surface area contributed by atoms with Crippen molar-refractivity contribution in [3.63, 3.8) is 0 Å². The number of pyridine rings is 1. The molecule has 13 rings (SSSR count). The first-order chi connectivity index (χ1) is 32.4. The molecule has 2 aliphatic heterocycles. The molecule has 324 valence electrons. The van der Waals surface area contributed by atoms with E-state index in [4.69, 9.17) is 9.72 Å². The van der Waals surface area contributed by atoms with E-state index in [1.54, 1.807) is 0 Å². The van der Waals surface area contributed by atoms with E-state index in [0.717, 1.165) is 67.6 Å². The topological polar surface area (TPSA) is 42.3 Å². The van der Waals surface area contributed by atoms with Gasteiger partial charge in [-0.05, 0) is 64.6 Å². The molecule has 0 saturated carbocycles. The van der Waals surface area contributed by atoms with Crippen molar-refractivity contribution in [1.82, 2.24) is 14.1 Å². The molecule has 0 N–H and O–H groups in total. The van der Waals surface area contributed by atoms with Gasteiger partial charge in [0.1, 0.15) is 5.82 Å². The van der Waals surface area contributed by atoms with Gasteiger partial charge >= 0.3 is 6.98 Å². The zero-order valence-corrected chi connectivity index (χ0v) is 39.2. The van der Waals surface area contributed by atoms with Gasteiger partial charge in [-0.2, -0.15) is 12.1 Å². The molecule has 0 saturated heterocycles. The van der Waals surface area contributed by atoms with Crippen LogP contribution in [0.2, 0.25) is 0 Å². The second kappa shape index (κ2) is 15.8. The van der Waals surface area contributed by atoms with Crippen LogP contribution in [0.25, 0.3) is 61.0 Å². The summed E-state index contributed by atoms with van der Waals surface area (Å²) in [6.45, 7) is 6.53. The third-order valence-corrected chi connectivity index (χ3v) is 13.1. The van der Waals surface area contributed by atoms with E-state index in [2.05, 4.69) is 232 Å². The fourth-order valence-corrected chi connectivity index (χ4v) is 10.1. The van der Waals surface area contributed by atoms with Gasteiger partial charge < -0.3 is 23.5 Å². The van der Waals surface area contributed by atoms with E-state index in [0.29, 0.717) is 11.5 Å². The van der Waals surface area contributed by atoms with Crippen molar-refractivity contribution in [2.45, 2.75) is 26.2 Å². The third-order valence-electron chi connectivity index (χ3n) is 13.1. The molecular formula is C58H41BN6OPt-2. The quantitative estimate of drug-likeness (QED) is 0.0945. The number of rotatable bonds is 6. The molecular weight excluding hydrogens is 1000 g/mol. The van der Waals surface area contributed by atoms with Gasteiger partial charge in [0.15, 0.2) is 0 Å². The first-order valence-electron chi connectivity index (χ1n) is 22.4. The van der Waals surface area contributed by atoms with Crippen molar-refractivity contribution in [1.29, 1.82) is 0 Å². The maximum absolute atomic E-state index is 6.88. The number of nitrogens with zero attached hydrogens (tertiary/aromatic N) is 6. The molecule has 5 heterocycles. The van der Waals surface area contributed by atoms with Crippen molar-refractivity contribution < 1.29 is 30.4 Å². The van der Waals surface area contributed by atoms with Gasteiger partial charge in [0.05, 0.1) is 33.4 Å². The molecule has 0 aliphatic carbocycles. The Morgan fingerprint density at radius 2 is 1.28 bits per heavy atom. The maximum Gasteiger partial charge on any atom is 0.420 e. The fraction of sp³-hybridized carbons (Fsp3) is 0.0690. The van der Waals surface area contributed by atoms with Crippen LogP contribution in [0.15, 0.2) is 194 Å². The molecule has 11 aromatic rings. The largest absolute Gasteiger partial charge is 0.510 e. The summed E-state index contributed by atoms with van der Waals surface area (Å²) in [7, 11) is 0. The van der Waals surface area contributed by atoms with Gasteiger partial charge in [0, 0.05) is 66.5 Å². The maximum atomic E-state index is 6.88. The molecule has 0 spiro atoms. The molecule has 0 atom stereocenters. The number of ether oxygens (including phenoxy) is 1. The molecule has 9 heteroatoms. The van der Waals surface area contributed by atoms with Gasteiger partial charge in [-0.15, -0.1) is 35.9 Å². The second-order valence-corrected chi connectivity index (χ2v) is 18.1. The normalized spacial score (nSPS) is 12.8. The predicted molar refractivity (Wildman–Crippen MR) is 267 cm³/mol. The summed E-state index contributed by atoms with van der Waals surface area (Å²) in [5.41, 5.74) is 14.8. The molecule has 0 radical (unpaired) electrons. The molecule has 0 fully saturated rings. The molecule has 2 aliphatic rings. The summed E-state index contributed by atoms with van der Waals surface area (Å²) in [5.74, 6) is 2.05. The predicted octanol–water partition coefficient (Wildman–Crippen LogP) is 12.6. The first-order valence-corrected chi connectivity index (χ1v) is 22.4. The average molecular weight is 1040 g/mol. The molecule has 3 aromatic heterocycles. The number of para-hydroxylation sites is 6. The number of aromatic nitrogens is 4. The van der Waals surface area contributed by atoms with E-state index in [1.807, 2.05) is 24.4 Å². The molecule has 0 bridgehead atoms. The summed E-state index contributed by atoms with van der Waals surface area (Å²) >= 11 is 0. The average Bonchev–Trinajstić information content (AvgIpc) is 4.03. The number of hydrogen-bond acceptors (Lipinski definition) is 4. The molecule has 0 amide bonds. The Morgan fingerprint density at radius 3 is 2.15 bits per heavy atom. The summed E-state index contributed by atoms with van der Waals surface area (Å²) < 4.78 is 13.5. The summed E-state index contributed by atoms with van der Waals surface area (Å²) in [6, 6.07) is 73.5. The van der Waals surface area contributed by atoms with Gasteiger partial charge in [-0.25, -0.2) is 4.98 Å². The number of anilines is 4. The Bertz CT molecular complexity index is 3720. The van der Waals surface area contributed by atoms with Crippen molar-refractivity contribution in [2.75, 3.05) is 9.62 Å². The van der Waals surface area contributed by atoms with Crippen molar-refractivity contribution >= 4 is 68.2 Å². The Kier molecular flexibility index (Phi) is 9.60. The van der Waals surface area contributed by atoms with Gasteiger partial charge in [-0.3, -0.25) is 4.57 Å². The van der Waals surface area contributed by atoms with Gasteiger partial charge in [0.2, 0.25) is 0 Å². The number of fused-ring (bicyclic) bond motifs is 12. The van der Waals surface area contributed by atoms with E-state index in [1.165, 1.54) is 27.4 Å². The van der Waals surface area contributed by atoms with Crippen LogP contribution in [0.1, 0.15) is 26.3 Å². The Hall–Kier alpha value is -7.67. The van der Waals surface area contributed by atoms with E-state index in [9.17, 15) is 0 Å². The Morgan fingerprint density at radius 1 is 0.582 bits per heavy atom. The van der Waals surface area contributed by atoms with E-state index >= 15 is 0 Å². The van der Waals surface area contributed by atoms with Gasteiger partial charge in [0.25, 0.3) is 6.33 Å². The Balaban J connectivity index is 0.00000468. The van der Waals surface area contributed by atoms with Crippen molar-refractivity contribution in [3.05, 3.63) is 218 Å². The summed E-state index contributed by atoms with van der Waals surface area (Å²) in [4.78, 5) is 9.78. The summed E-state index contributed by atoms with van der Waals surface area (Å²) in [6.07, 6.45) is 5.64. The van der Waals surface area contributed by atoms with Crippen LogP contribution in [0, 0.1) is 18.5 Å². The van der Waals surface area contributed by atoms with Gasteiger partial charge in [-0.1, -0.05) is 142 Å². The monoisotopic (exact) mass is 1040 g/mol. The zero-order chi connectivity index (χ0) is 44.1. The molecule has 7 nitrogen and oxygen atoms in total. The van der Waals surface area contributed by atoms with Crippen LogP contribution in [0.3, 0.4) is 0 Å². The van der Waals surface area contributed by atoms with Crippen LogP contribution < -0.4 is 24.4 Å². The number of hydrogen-bond donors (Lipinski definition) is 0. The van der Waals surface area contributed by atoms with E-state index < -0.39 is 0 Å². The van der Waals surface area contributed by atoms with Crippen LogP contribution >= 0.6 is 0 Å². The van der Waals surface area contributed by atoms with Crippen molar-refractivity contribution in [2.24, 2.45) is 0 Å². The second-order valence-electron chi connectivity index (χ2n) is 18.1. The minimum atomic E-state index is -0.196. The summed E-state index contributed by atoms with van der Waals surface area (Å²) in [5, 5.41) is 2.38. The van der Waals surface area contributed by atoms with Crippen molar-refractivity contribution in [3.8, 4) is 39.7 Å². The number of imidazole rings is 1. The fourth-order valence-electron chi connectivity index (χ4n) is 10.1. The zero-order valence-electron chi connectivity index (χ0n) is 37.0. The van der Waals surface area contributed by atoms with E-state index in [-0.39, 0.29) is 33.5 Å². The van der Waals surface area contributed by atoms with Crippen LogP contribution in [-0.2, 0) is 26.5 Å². The minimum Gasteiger partial charge on any atom is -0.510 e. The smallest absolute Gasteiger partial charge is 0.420 e. The Labute approximate surface area is 404 Å². The molecule has 0 unspecified atom stereocenters. The standard InChI is InChI=1S/C58H41BN6O.Pt/c1-58(2,3)39-34-42(64-57-55(32-17-33-60-57)65-51-28-12-9-23-46(51)45-22-7-10-26-49(45)59(64)65)37-44(35-39)66-43-21-15-20-41(36-43)61-38-62(53-30-14-13-29-52(53)61)54-31-16-25-48-47-24-8-11-27-50(47)63(56(48)54)40-18-5-4-6-19-40;/h4-35H,1-3H3;/q-2;. The van der Waals surface area contributed by atoms with Crippen LogP contribution in [0.5, 0.6) is 11.5 Å².